The van der Waals surface area contributed by atoms with E-state index >= 15 is 0 Å². The van der Waals surface area contributed by atoms with Crippen LogP contribution in [0.25, 0.3) is 0 Å². The highest BCUT2D eigenvalue weighted by Crippen LogP contribution is 2.26. The normalized spacial score (nSPS) is 14.7. The third-order valence-electron chi connectivity index (χ3n) is 6.35. The lowest BCUT2D eigenvalue weighted by Gasteiger charge is -2.34. The predicted octanol–water partition coefficient (Wildman–Crippen LogP) is 2.78. The zero-order chi connectivity index (χ0) is 25.7. The highest BCUT2D eigenvalue weighted by Gasteiger charge is 2.24. The van der Waals surface area contributed by atoms with E-state index in [9.17, 15) is 13.2 Å². The molecule has 2 aromatic heterocycles. The second kappa shape index (κ2) is 11.2. The minimum Gasteiger partial charge on any atom is -0.497 e. The Bertz CT molecular complexity index is 1280. The number of aryl methyl sites for hydroxylation is 2. The van der Waals surface area contributed by atoms with Gasteiger partial charge in [-0.1, -0.05) is 6.07 Å². The van der Waals surface area contributed by atoms with Gasteiger partial charge in [0.15, 0.2) is 0 Å². The van der Waals surface area contributed by atoms with Gasteiger partial charge in [0.05, 0.1) is 24.1 Å². The Labute approximate surface area is 212 Å². The lowest BCUT2D eigenvalue weighted by atomic mass is 10.1. The molecule has 3 aromatic rings. The molecule has 4 rings (SSSR count). The van der Waals surface area contributed by atoms with Crippen molar-refractivity contribution in [3.05, 3.63) is 77.0 Å². The maximum Gasteiger partial charge on any atom is 0.257 e. The molecule has 0 unspecified atom stereocenters. The van der Waals surface area contributed by atoms with Crippen LogP contribution in [0.3, 0.4) is 0 Å². The molecule has 1 aliphatic heterocycles. The number of nitrogens with one attached hydrogen (secondary N) is 1. The summed E-state index contributed by atoms with van der Waals surface area (Å²) in [6.45, 7) is 7.16. The highest BCUT2D eigenvalue weighted by atomic mass is 32.2. The molecule has 0 aliphatic carbocycles. The fourth-order valence-corrected chi connectivity index (χ4v) is 5.89. The van der Waals surface area contributed by atoms with Crippen molar-refractivity contribution in [3.63, 3.8) is 0 Å². The Morgan fingerprint density at radius 1 is 1.11 bits per heavy atom. The number of benzene rings is 1. The molecule has 1 fully saturated rings. The number of pyridine rings is 1. The predicted molar refractivity (Wildman–Crippen MR) is 135 cm³/mol. The average Bonchev–Trinajstić information content (AvgIpc) is 3.35. The van der Waals surface area contributed by atoms with Crippen LogP contribution >= 0.6 is 0 Å². The van der Waals surface area contributed by atoms with Crippen molar-refractivity contribution >= 4 is 15.9 Å². The maximum atomic E-state index is 13.0. The van der Waals surface area contributed by atoms with Crippen LogP contribution in [0.2, 0.25) is 0 Å². The van der Waals surface area contributed by atoms with Crippen LogP contribution < -0.4 is 9.46 Å². The first-order valence-corrected chi connectivity index (χ1v) is 13.4. The molecule has 36 heavy (non-hydrogen) atoms. The molecule has 1 N–H and O–H groups in total. The third-order valence-corrected chi connectivity index (χ3v) is 8.05. The Kier molecular flexibility index (Phi) is 8.07. The topological polar surface area (TPSA) is 105 Å². The van der Waals surface area contributed by atoms with Gasteiger partial charge >= 0.3 is 0 Å². The van der Waals surface area contributed by atoms with Crippen molar-refractivity contribution in [2.24, 2.45) is 0 Å². The summed E-state index contributed by atoms with van der Waals surface area (Å²) in [5.74, 6) is 0.867. The summed E-state index contributed by atoms with van der Waals surface area (Å²) in [7, 11) is -2.24. The second-order valence-corrected chi connectivity index (χ2v) is 10.6. The third kappa shape index (κ3) is 6.13. The quantitative estimate of drug-likeness (QED) is 0.470. The summed E-state index contributed by atoms with van der Waals surface area (Å²) in [5, 5.41) is 0. The van der Waals surface area contributed by atoms with Crippen LogP contribution in [0.4, 0.5) is 0 Å². The van der Waals surface area contributed by atoms with Crippen LogP contribution in [0.5, 0.6) is 5.75 Å². The molecule has 0 saturated carbocycles. The van der Waals surface area contributed by atoms with Crippen molar-refractivity contribution in [1.82, 2.24) is 19.5 Å². The highest BCUT2D eigenvalue weighted by molar-refractivity contribution is 7.89. The van der Waals surface area contributed by atoms with E-state index in [-0.39, 0.29) is 17.3 Å². The van der Waals surface area contributed by atoms with Gasteiger partial charge in [-0.15, -0.1) is 0 Å². The van der Waals surface area contributed by atoms with E-state index in [1.54, 1.807) is 50.3 Å². The molecule has 1 aromatic carbocycles. The van der Waals surface area contributed by atoms with Crippen molar-refractivity contribution in [2.75, 3.05) is 39.8 Å². The number of piperazine rings is 1. The zero-order valence-corrected chi connectivity index (χ0v) is 21.7. The van der Waals surface area contributed by atoms with Gasteiger partial charge < -0.3 is 14.1 Å². The van der Waals surface area contributed by atoms with Crippen LogP contribution in [-0.4, -0.2) is 68.9 Å². The van der Waals surface area contributed by atoms with E-state index < -0.39 is 10.0 Å². The number of methoxy groups -OCH3 is 1. The van der Waals surface area contributed by atoms with Gasteiger partial charge in [0, 0.05) is 51.0 Å². The van der Waals surface area contributed by atoms with Gasteiger partial charge in [-0.05, 0) is 55.3 Å². The van der Waals surface area contributed by atoms with Crippen LogP contribution in [0, 0.1) is 13.8 Å². The maximum absolute atomic E-state index is 13.0. The molecule has 10 heteroatoms. The molecule has 1 aliphatic rings. The van der Waals surface area contributed by atoms with Crippen molar-refractivity contribution < 1.29 is 22.4 Å². The van der Waals surface area contributed by atoms with Gasteiger partial charge in [-0.3, -0.25) is 14.7 Å². The Hall–Kier alpha value is -3.21. The zero-order valence-electron chi connectivity index (χ0n) is 20.9. The SMILES string of the molecule is COc1cc(C)c(S(=O)(=O)NCc2cc(C(=O)N3CCN(CCc4ccccn4)CC3)co2)c(C)c1. The molecule has 192 valence electrons. The van der Waals surface area contributed by atoms with Crippen LogP contribution in [0.15, 0.2) is 58.2 Å². The number of sulfonamides is 1. The summed E-state index contributed by atoms with van der Waals surface area (Å²) < 4.78 is 39.2. The number of amides is 1. The number of nitrogens with zero attached hydrogens (tertiary/aromatic N) is 3. The minimum atomic E-state index is -3.78. The van der Waals surface area contributed by atoms with Crippen molar-refractivity contribution in [3.8, 4) is 5.75 Å². The molecule has 9 nitrogen and oxygen atoms in total. The van der Waals surface area contributed by atoms with Gasteiger partial charge in [0.25, 0.3) is 5.91 Å². The van der Waals surface area contributed by atoms with E-state index in [0.717, 1.165) is 31.7 Å². The minimum absolute atomic E-state index is 0.0537. The standard InChI is InChI=1S/C26H32N4O5S/c1-19-14-23(34-3)15-20(2)25(19)36(32,33)28-17-24-16-21(18-35-24)26(31)30-12-10-29(11-13-30)9-7-22-6-4-5-8-27-22/h4-6,8,14-16,18,28H,7,9-13,17H2,1-3H3. The Morgan fingerprint density at radius 2 is 1.83 bits per heavy atom. The van der Waals surface area contributed by atoms with Gasteiger partial charge in [0.2, 0.25) is 10.0 Å². The van der Waals surface area contributed by atoms with Gasteiger partial charge in [0.1, 0.15) is 17.8 Å². The van der Waals surface area contributed by atoms with Crippen molar-refractivity contribution in [1.29, 1.82) is 0 Å². The lowest BCUT2D eigenvalue weighted by molar-refractivity contribution is 0.0637. The summed E-state index contributed by atoms with van der Waals surface area (Å²) in [6, 6.07) is 10.9. The number of aromatic nitrogens is 1. The number of carbonyl (C=O) groups is 1. The number of hydrogen-bond acceptors (Lipinski definition) is 7. The Morgan fingerprint density at radius 3 is 2.47 bits per heavy atom. The fraction of sp³-hybridized carbons (Fsp3) is 0.385. The number of ether oxygens (including phenoxy) is 1. The number of rotatable bonds is 9. The van der Waals surface area contributed by atoms with E-state index in [4.69, 9.17) is 9.15 Å². The molecule has 1 amide bonds. The number of hydrogen-bond donors (Lipinski definition) is 1. The van der Waals surface area contributed by atoms with Crippen LogP contribution in [-0.2, 0) is 23.0 Å². The van der Waals surface area contributed by atoms with E-state index in [1.165, 1.54) is 6.26 Å². The molecular weight excluding hydrogens is 480 g/mol. The first kappa shape index (κ1) is 25.9. The van der Waals surface area contributed by atoms with Crippen LogP contribution in [0.1, 0.15) is 32.9 Å². The molecular formula is C26H32N4O5S. The smallest absolute Gasteiger partial charge is 0.257 e. The largest absolute Gasteiger partial charge is 0.497 e. The molecule has 0 bridgehead atoms. The van der Waals surface area contributed by atoms with E-state index in [1.807, 2.05) is 18.2 Å². The van der Waals surface area contributed by atoms with E-state index in [2.05, 4.69) is 14.6 Å². The number of carbonyl (C=O) groups excluding carboxylic acids is 1. The first-order valence-electron chi connectivity index (χ1n) is 11.9. The second-order valence-electron chi connectivity index (χ2n) is 8.92. The molecule has 3 heterocycles. The monoisotopic (exact) mass is 512 g/mol. The Balaban J connectivity index is 1.30. The van der Waals surface area contributed by atoms with E-state index in [0.29, 0.717) is 41.3 Å². The first-order chi connectivity index (χ1) is 17.3. The summed E-state index contributed by atoms with van der Waals surface area (Å²) in [6.07, 6.45) is 4.08. The molecule has 0 spiro atoms. The molecule has 1 saturated heterocycles. The molecule has 0 radical (unpaired) electrons. The van der Waals surface area contributed by atoms with Gasteiger partial charge in [-0.25, -0.2) is 13.1 Å². The summed E-state index contributed by atoms with van der Waals surface area (Å²) in [5.41, 5.74) is 2.67. The fourth-order valence-electron chi connectivity index (χ4n) is 4.45. The summed E-state index contributed by atoms with van der Waals surface area (Å²) >= 11 is 0. The molecule has 0 atom stereocenters. The van der Waals surface area contributed by atoms with Gasteiger partial charge in [-0.2, -0.15) is 0 Å². The number of furan rings is 1. The lowest BCUT2D eigenvalue weighted by Crippen LogP contribution is -2.49. The average molecular weight is 513 g/mol. The van der Waals surface area contributed by atoms with Crippen molar-refractivity contribution in [2.45, 2.75) is 31.7 Å². The summed E-state index contributed by atoms with van der Waals surface area (Å²) in [4.78, 5) is 21.7.